The summed E-state index contributed by atoms with van der Waals surface area (Å²) >= 11 is 0. The summed E-state index contributed by atoms with van der Waals surface area (Å²) in [5, 5.41) is 0. The molecule has 1 saturated heterocycles. The highest BCUT2D eigenvalue weighted by Gasteiger charge is 2.22. The maximum atomic E-state index is 12.4. The van der Waals surface area contributed by atoms with E-state index in [1.54, 1.807) is 17.0 Å². The molecule has 1 fully saturated rings. The summed E-state index contributed by atoms with van der Waals surface area (Å²) in [7, 11) is -3.77. The average molecular weight is 359 g/mol. The quantitative estimate of drug-likeness (QED) is 0.847. The van der Waals surface area contributed by atoms with Crippen molar-refractivity contribution in [3.63, 3.8) is 0 Å². The first-order valence-corrected chi connectivity index (χ1v) is 9.18. The Kier molecular flexibility index (Phi) is 4.45. The SMILES string of the molecule is NC(=O)c1ccc(NS(=O)(=O)c2ccc(N3CCCC3=O)cc2)cc1. The van der Waals surface area contributed by atoms with Crippen LogP contribution in [0.5, 0.6) is 0 Å². The van der Waals surface area contributed by atoms with Gasteiger partial charge in [0.15, 0.2) is 0 Å². The fourth-order valence-electron chi connectivity index (χ4n) is 2.64. The van der Waals surface area contributed by atoms with Gasteiger partial charge >= 0.3 is 0 Å². The van der Waals surface area contributed by atoms with Crippen molar-refractivity contribution in [2.24, 2.45) is 5.73 Å². The molecule has 0 aliphatic carbocycles. The molecule has 2 aromatic rings. The van der Waals surface area contributed by atoms with Gasteiger partial charge in [-0.25, -0.2) is 8.42 Å². The molecule has 0 saturated carbocycles. The Balaban J connectivity index is 1.77. The third kappa shape index (κ3) is 3.63. The normalized spacial score (nSPS) is 14.6. The van der Waals surface area contributed by atoms with Gasteiger partial charge in [0.2, 0.25) is 11.8 Å². The standard InChI is InChI=1S/C17H17N3O4S/c18-17(22)12-3-5-13(6-4-12)19-25(23,24)15-9-7-14(8-10-15)20-11-1-2-16(20)21/h3-10,19H,1-2,11H2,(H2,18,22). The first kappa shape index (κ1) is 17.0. The van der Waals surface area contributed by atoms with Crippen LogP contribution in [0.1, 0.15) is 23.2 Å². The molecule has 25 heavy (non-hydrogen) atoms. The summed E-state index contributed by atoms with van der Waals surface area (Å²) in [5.41, 5.74) is 6.46. The molecular formula is C17H17N3O4S. The van der Waals surface area contributed by atoms with Gasteiger partial charge in [0, 0.05) is 29.9 Å². The van der Waals surface area contributed by atoms with Gasteiger partial charge in [0.1, 0.15) is 0 Å². The Morgan fingerprint density at radius 3 is 2.20 bits per heavy atom. The van der Waals surface area contributed by atoms with Crippen LogP contribution in [0.25, 0.3) is 0 Å². The van der Waals surface area contributed by atoms with Crippen LogP contribution in [0.4, 0.5) is 11.4 Å². The number of carbonyl (C=O) groups excluding carboxylic acids is 2. The molecule has 0 bridgehead atoms. The predicted octanol–water partition coefficient (Wildman–Crippen LogP) is 1.71. The van der Waals surface area contributed by atoms with E-state index in [0.717, 1.165) is 6.42 Å². The van der Waals surface area contributed by atoms with E-state index < -0.39 is 15.9 Å². The number of anilines is 2. The third-order valence-corrected chi connectivity index (χ3v) is 5.35. The van der Waals surface area contributed by atoms with Crippen molar-refractivity contribution in [1.29, 1.82) is 0 Å². The lowest BCUT2D eigenvalue weighted by molar-refractivity contribution is -0.117. The minimum absolute atomic E-state index is 0.0447. The number of nitrogens with one attached hydrogen (secondary N) is 1. The van der Waals surface area contributed by atoms with Crippen LogP contribution in [0.15, 0.2) is 53.4 Å². The largest absolute Gasteiger partial charge is 0.366 e. The predicted molar refractivity (Wildman–Crippen MR) is 93.8 cm³/mol. The van der Waals surface area contributed by atoms with Crippen LogP contribution < -0.4 is 15.4 Å². The molecular weight excluding hydrogens is 342 g/mol. The van der Waals surface area contributed by atoms with Gasteiger partial charge < -0.3 is 10.6 Å². The molecule has 2 amide bonds. The zero-order chi connectivity index (χ0) is 18.0. The zero-order valence-corrected chi connectivity index (χ0v) is 14.1. The van der Waals surface area contributed by atoms with Crippen LogP contribution in [-0.4, -0.2) is 26.8 Å². The fourth-order valence-corrected chi connectivity index (χ4v) is 3.70. The minimum Gasteiger partial charge on any atom is -0.366 e. The Hall–Kier alpha value is -2.87. The average Bonchev–Trinajstić information content (AvgIpc) is 3.01. The van der Waals surface area contributed by atoms with Crippen molar-refractivity contribution >= 4 is 33.2 Å². The maximum Gasteiger partial charge on any atom is 0.261 e. The minimum atomic E-state index is -3.77. The van der Waals surface area contributed by atoms with Crippen molar-refractivity contribution in [3.8, 4) is 0 Å². The number of carbonyl (C=O) groups is 2. The van der Waals surface area contributed by atoms with Crippen LogP contribution >= 0.6 is 0 Å². The second-order valence-electron chi connectivity index (χ2n) is 5.69. The second-order valence-corrected chi connectivity index (χ2v) is 7.37. The van der Waals surface area contributed by atoms with Gasteiger partial charge in [-0.3, -0.25) is 14.3 Å². The monoisotopic (exact) mass is 359 g/mol. The van der Waals surface area contributed by atoms with Crippen molar-refractivity contribution in [2.75, 3.05) is 16.2 Å². The molecule has 130 valence electrons. The van der Waals surface area contributed by atoms with Gasteiger partial charge in [-0.15, -0.1) is 0 Å². The van der Waals surface area contributed by atoms with Crippen molar-refractivity contribution in [1.82, 2.24) is 0 Å². The topological polar surface area (TPSA) is 110 Å². The summed E-state index contributed by atoms with van der Waals surface area (Å²) < 4.78 is 27.3. The van der Waals surface area contributed by atoms with Crippen molar-refractivity contribution in [3.05, 3.63) is 54.1 Å². The van der Waals surface area contributed by atoms with Crippen LogP contribution in [-0.2, 0) is 14.8 Å². The van der Waals surface area contributed by atoms with Crippen LogP contribution in [0.3, 0.4) is 0 Å². The Morgan fingerprint density at radius 1 is 1.04 bits per heavy atom. The van der Waals surface area contributed by atoms with Gasteiger partial charge in [0.05, 0.1) is 4.90 Å². The number of primary amides is 1. The molecule has 8 heteroatoms. The molecule has 1 aliphatic rings. The third-order valence-electron chi connectivity index (χ3n) is 3.95. The van der Waals surface area contributed by atoms with Crippen molar-refractivity contribution in [2.45, 2.75) is 17.7 Å². The molecule has 3 rings (SSSR count). The van der Waals surface area contributed by atoms with Gasteiger partial charge in [-0.2, -0.15) is 0 Å². The lowest BCUT2D eigenvalue weighted by Crippen LogP contribution is -2.23. The van der Waals surface area contributed by atoms with Gasteiger partial charge in [-0.1, -0.05) is 0 Å². The van der Waals surface area contributed by atoms with E-state index in [1.807, 2.05) is 0 Å². The molecule has 7 nitrogen and oxygen atoms in total. The molecule has 2 aromatic carbocycles. The summed E-state index contributed by atoms with van der Waals surface area (Å²) in [6, 6.07) is 12.0. The molecule has 0 radical (unpaired) electrons. The van der Waals surface area contributed by atoms with Crippen molar-refractivity contribution < 1.29 is 18.0 Å². The molecule has 1 heterocycles. The molecule has 0 unspecified atom stereocenters. The van der Waals surface area contributed by atoms with E-state index in [2.05, 4.69) is 4.72 Å². The number of hydrogen-bond acceptors (Lipinski definition) is 4. The number of benzene rings is 2. The smallest absolute Gasteiger partial charge is 0.261 e. The second kappa shape index (κ2) is 6.56. The zero-order valence-electron chi connectivity index (χ0n) is 13.3. The number of nitrogens with zero attached hydrogens (tertiary/aromatic N) is 1. The molecule has 0 aromatic heterocycles. The van der Waals surface area contributed by atoms with E-state index in [-0.39, 0.29) is 10.8 Å². The Morgan fingerprint density at radius 2 is 1.68 bits per heavy atom. The van der Waals surface area contributed by atoms with Gasteiger partial charge in [0.25, 0.3) is 10.0 Å². The first-order valence-electron chi connectivity index (χ1n) is 7.70. The van der Waals surface area contributed by atoms with E-state index in [9.17, 15) is 18.0 Å². The first-order chi connectivity index (χ1) is 11.9. The Bertz CT molecular complexity index is 906. The van der Waals surface area contributed by atoms with Gasteiger partial charge in [-0.05, 0) is 55.0 Å². The van der Waals surface area contributed by atoms with E-state index >= 15 is 0 Å². The van der Waals surface area contributed by atoms with E-state index in [1.165, 1.54) is 36.4 Å². The van der Waals surface area contributed by atoms with E-state index in [4.69, 9.17) is 5.73 Å². The summed E-state index contributed by atoms with van der Waals surface area (Å²) in [4.78, 5) is 24.5. The van der Waals surface area contributed by atoms with E-state index in [0.29, 0.717) is 29.9 Å². The molecule has 3 N–H and O–H groups in total. The van der Waals surface area contributed by atoms with Crippen LogP contribution in [0, 0.1) is 0 Å². The molecule has 0 spiro atoms. The molecule has 1 aliphatic heterocycles. The number of amides is 2. The highest BCUT2D eigenvalue weighted by Crippen LogP contribution is 2.24. The summed E-state index contributed by atoms with van der Waals surface area (Å²) in [6.07, 6.45) is 1.32. The summed E-state index contributed by atoms with van der Waals surface area (Å²) in [6.45, 7) is 0.648. The number of hydrogen-bond donors (Lipinski definition) is 2. The lowest BCUT2D eigenvalue weighted by Gasteiger charge is -2.16. The lowest BCUT2D eigenvalue weighted by atomic mass is 10.2. The summed E-state index contributed by atoms with van der Waals surface area (Å²) in [5.74, 6) is -0.537. The Labute approximate surface area is 145 Å². The maximum absolute atomic E-state index is 12.4. The number of sulfonamides is 1. The number of rotatable bonds is 5. The fraction of sp³-hybridized carbons (Fsp3) is 0.176. The number of nitrogens with two attached hydrogens (primary N) is 1. The highest BCUT2D eigenvalue weighted by atomic mass is 32.2. The molecule has 0 atom stereocenters. The highest BCUT2D eigenvalue weighted by molar-refractivity contribution is 7.92. The van der Waals surface area contributed by atoms with Crippen LogP contribution in [0.2, 0.25) is 0 Å².